The number of carbonyl (C=O) groups is 1. The van der Waals surface area contributed by atoms with Crippen molar-refractivity contribution in [2.45, 2.75) is 31.7 Å². The number of guanidine groups is 1. The molecule has 0 aromatic carbocycles. The van der Waals surface area contributed by atoms with E-state index in [0.29, 0.717) is 13.1 Å². The van der Waals surface area contributed by atoms with Crippen molar-refractivity contribution in [3.05, 3.63) is 18.0 Å². The molecular weight excluding hydrogens is 342 g/mol. The first-order chi connectivity index (χ1) is 12.8. The summed E-state index contributed by atoms with van der Waals surface area (Å²) < 4.78 is 1.82. The smallest absolute Gasteiger partial charge is 0.230 e. The lowest BCUT2D eigenvalue weighted by Crippen LogP contribution is -2.50. The third-order valence-electron chi connectivity index (χ3n) is 5.43. The van der Waals surface area contributed by atoms with Crippen LogP contribution in [0.1, 0.15) is 37.3 Å². The molecule has 27 heavy (non-hydrogen) atoms. The number of hydrogen-bond donors (Lipinski definition) is 2. The number of hydrogen-bond acceptors (Lipinski definition) is 4. The lowest BCUT2D eigenvalue weighted by Gasteiger charge is -2.32. The van der Waals surface area contributed by atoms with Crippen LogP contribution >= 0.6 is 0 Å². The average molecular weight is 378 g/mol. The summed E-state index contributed by atoms with van der Waals surface area (Å²) in [5.41, 5.74) is 0.839. The topological polar surface area (TPSA) is 77.8 Å². The second-order valence-corrected chi connectivity index (χ2v) is 7.92. The van der Waals surface area contributed by atoms with Crippen LogP contribution in [0.3, 0.4) is 0 Å². The van der Waals surface area contributed by atoms with Gasteiger partial charge in [-0.1, -0.05) is 12.8 Å². The van der Waals surface area contributed by atoms with Crippen molar-refractivity contribution >= 4 is 11.9 Å². The van der Waals surface area contributed by atoms with Crippen molar-refractivity contribution in [1.82, 2.24) is 30.2 Å². The van der Waals surface area contributed by atoms with Crippen LogP contribution in [0.25, 0.3) is 0 Å². The predicted octanol–water partition coefficient (Wildman–Crippen LogP) is 0.836. The van der Waals surface area contributed by atoms with Gasteiger partial charge < -0.3 is 20.4 Å². The van der Waals surface area contributed by atoms with Gasteiger partial charge in [0.15, 0.2) is 5.96 Å². The Bertz CT molecular complexity index is 644. The molecule has 1 saturated carbocycles. The van der Waals surface area contributed by atoms with E-state index in [-0.39, 0.29) is 17.4 Å². The second-order valence-electron chi connectivity index (χ2n) is 7.92. The fourth-order valence-corrected chi connectivity index (χ4v) is 3.87. The quantitative estimate of drug-likeness (QED) is 0.544. The van der Waals surface area contributed by atoms with Gasteiger partial charge in [0.2, 0.25) is 5.91 Å². The minimum atomic E-state index is -0.314. The maximum absolute atomic E-state index is 12.7. The van der Waals surface area contributed by atoms with E-state index in [1.165, 1.54) is 0 Å². The number of aromatic nitrogens is 2. The van der Waals surface area contributed by atoms with Crippen molar-refractivity contribution in [2.75, 3.05) is 48.3 Å². The molecular formula is C19H35N7O. The van der Waals surface area contributed by atoms with Gasteiger partial charge in [0, 0.05) is 53.0 Å². The van der Waals surface area contributed by atoms with Gasteiger partial charge in [-0.05, 0) is 26.9 Å². The number of nitrogens with one attached hydrogen (secondary N) is 2. The van der Waals surface area contributed by atoms with Crippen molar-refractivity contribution in [1.29, 1.82) is 0 Å². The van der Waals surface area contributed by atoms with Gasteiger partial charge in [-0.25, -0.2) is 0 Å². The van der Waals surface area contributed by atoms with E-state index in [2.05, 4.69) is 39.7 Å². The van der Waals surface area contributed by atoms with Gasteiger partial charge in [-0.15, -0.1) is 0 Å². The summed E-state index contributed by atoms with van der Waals surface area (Å²) in [6, 6.07) is 0.182. The fraction of sp³-hybridized carbons (Fsp3) is 0.737. The highest BCUT2D eigenvalue weighted by atomic mass is 16.2. The SMILES string of the molecule is CN=C(NCC(c1cnn(C)c1)N(C)C)NCC1(C(=O)N(C)C)CCCC1. The largest absolute Gasteiger partial charge is 0.355 e. The number of likely N-dealkylation sites (N-methyl/N-ethyl adjacent to an activating group) is 1. The summed E-state index contributed by atoms with van der Waals surface area (Å²) in [5.74, 6) is 0.938. The Balaban J connectivity index is 1.97. The molecule has 0 saturated heterocycles. The molecule has 0 bridgehead atoms. The van der Waals surface area contributed by atoms with Gasteiger partial charge in [0.25, 0.3) is 0 Å². The minimum Gasteiger partial charge on any atom is -0.355 e. The molecule has 2 N–H and O–H groups in total. The number of carbonyl (C=O) groups excluding carboxylic acids is 1. The highest BCUT2D eigenvalue weighted by molar-refractivity contribution is 5.85. The fourth-order valence-electron chi connectivity index (χ4n) is 3.87. The number of rotatable bonds is 7. The zero-order valence-electron chi connectivity index (χ0n) is 17.6. The van der Waals surface area contributed by atoms with Gasteiger partial charge in [0.1, 0.15) is 0 Å². The van der Waals surface area contributed by atoms with Crippen LogP contribution in [-0.4, -0.2) is 79.8 Å². The molecule has 1 amide bonds. The molecule has 8 nitrogen and oxygen atoms in total. The summed E-state index contributed by atoms with van der Waals surface area (Å²) in [6.07, 6.45) is 8.01. The Morgan fingerprint density at radius 3 is 2.44 bits per heavy atom. The molecule has 1 unspecified atom stereocenters. The van der Waals surface area contributed by atoms with Crippen molar-refractivity contribution in [3.8, 4) is 0 Å². The van der Waals surface area contributed by atoms with Gasteiger partial charge in [0.05, 0.1) is 17.7 Å². The first-order valence-electron chi connectivity index (χ1n) is 9.60. The maximum Gasteiger partial charge on any atom is 0.230 e. The number of aryl methyl sites for hydroxylation is 1. The Morgan fingerprint density at radius 1 is 1.30 bits per heavy atom. The van der Waals surface area contributed by atoms with E-state index in [0.717, 1.165) is 37.2 Å². The van der Waals surface area contributed by atoms with E-state index in [9.17, 15) is 4.79 Å². The van der Waals surface area contributed by atoms with Crippen LogP contribution < -0.4 is 10.6 Å². The first-order valence-corrected chi connectivity index (χ1v) is 9.60. The van der Waals surface area contributed by atoms with Crippen molar-refractivity contribution in [2.24, 2.45) is 17.5 Å². The summed E-state index contributed by atoms with van der Waals surface area (Å²) in [6.45, 7) is 1.32. The number of aliphatic imine (C=N–C) groups is 1. The van der Waals surface area contributed by atoms with E-state index < -0.39 is 0 Å². The minimum absolute atomic E-state index is 0.182. The molecule has 0 aliphatic heterocycles. The highest BCUT2D eigenvalue weighted by Gasteiger charge is 2.42. The molecule has 1 aliphatic rings. The molecule has 152 valence electrons. The van der Waals surface area contributed by atoms with E-state index in [4.69, 9.17) is 0 Å². The Morgan fingerprint density at radius 2 is 1.96 bits per heavy atom. The third-order valence-corrected chi connectivity index (χ3v) is 5.43. The lowest BCUT2D eigenvalue weighted by molar-refractivity contribution is -0.138. The Kier molecular flexibility index (Phi) is 7.24. The molecule has 1 fully saturated rings. The number of nitrogens with zero attached hydrogens (tertiary/aromatic N) is 5. The summed E-state index contributed by atoms with van der Waals surface area (Å²) in [7, 11) is 11.5. The normalized spacial score (nSPS) is 17.8. The zero-order valence-corrected chi connectivity index (χ0v) is 17.6. The monoisotopic (exact) mass is 377 g/mol. The standard InChI is InChI=1S/C19H35N7O/c1-20-18(21-12-16(24(2)3)15-11-23-26(6)13-15)22-14-19(9-7-8-10-19)17(27)25(4)5/h11,13,16H,7-10,12,14H2,1-6H3,(H2,20,21,22). The predicted molar refractivity (Wildman–Crippen MR) is 109 cm³/mol. The van der Waals surface area contributed by atoms with Crippen LogP contribution in [0.2, 0.25) is 0 Å². The van der Waals surface area contributed by atoms with Crippen molar-refractivity contribution < 1.29 is 4.79 Å². The van der Waals surface area contributed by atoms with Crippen LogP contribution in [0.5, 0.6) is 0 Å². The summed E-state index contributed by atoms with van der Waals surface area (Å²) >= 11 is 0. The molecule has 1 aliphatic carbocycles. The molecule has 2 rings (SSSR count). The van der Waals surface area contributed by atoms with Crippen LogP contribution in [0.4, 0.5) is 0 Å². The van der Waals surface area contributed by atoms with Gasteiger partial charge in [-0.2, -0.15) is 5.10 Å². The van der Waals surface area contributed by atoms with Crippen LogP contribution in [-0.2, 0) is 11.8 Å². The molecule has 1 aromatic rings. The number of amides is 1. The van der Waals surface area contributed by atoms with E-state index in [1.54, 1.807) is 11.9 Å². The summed E-state index contributed by atoms with van der Waals surface area (Å²) in [5, 5.41) is 11.1. The zero-order chi connectivity index (χ0) is 20.0. The first kappa shape index (κ1) is 21.2. The average Bonchev–Trinajstić information content (AvgIpc) is 3.26. The Hall–Kier alpha value is -2.09. The van der Waals surface area contributed by atoms with Gasteiger partial charge >= 0.3 is 0 Å². The lowest BCUT2D eigenvalue weighted by atomic mass is 9.84. The molecule has 8 heteroatoms. The summed E-state index contributed by atoms with van der Waals surface area (Å²) in [4.78, 5) is 20.9. The van der Waals surface area contributed by atoms with Gasteiger partial charge in [-0.3, -0.25) is 14.5 Å². The maximum atomic E-state index is 12.7. The van der Waals surface area contributed by atoms with Crippen LogP contribution in [0, 0.1) is 5.41 Å². The molecule has 0 radical (unpaired) electrons. The Labute approximate surface area is 163 Å². The van der Waals surface area contributed by atoms with Crippen molar-refractivity contribution in [3.63, 3.8) is 0 Å². The van der Waals surface area contributed by atoms with E-state index in [1.807, 2.05) is 38.2 Å². The highest BCUT2D eigenvalue weighted by Crippen LogP contribution is 2.38. The second kappa shape index (κ2) is 9.21. The van der Waals surface area contributed by atoms with Crippen LogP contribution in [0.15, 0.2) is 17.4 Å². The molecule has 0 spiro atoms. The molecule has 1 aromatic heterocycles. The third kappa shape index (κ3) is 5.22. The molecule has 1 atom stereocenters. The van der Waals surface area contributed by atoms with E-state index >= 15 is 0 Å². The molecule has 1 heterocycles.